The molecule has 6 heteroatoms. The fraction of sp³-hybridized carbons (Fsp3) is 0.556. The van der Waals surface area contributed by atoms with Gasteiger partial charge in [0.05, 0.1) is 12.0 Å². The number of hydrogen-bond donors (Lipinski definition) is 1. The Morgan fingerprint density at radius 2 is 2.17 bits per heavy atom. The lowest BCUT2D eigenvalue weighted by Crippen LogP contribution is -2.46. The maximum Gasteiger partial charge on any atom is 0.225 e. The van der Waals surface area contributed by atoms with E-state index in [0.29, 0.717) is 38.2 Å². The van der Waals surface area contributed by atoms with Crippen molar-refractivity contribution in [1.82, 2.24) is 10.2 Å². The first-order valence-electron chi connectivity index (χ1n) is 8.41. The highest BCUT2D eigenvalue weighted by Gasteiger charge is 2.39. The molecule has 0 radical (unpaired) electrons. The zero-order valence-corrected chi connectivity index (χ0v) is 14.3. The molecular formula is C18H25FN2O3. The Balaban J connectivity index is 2.09. The van der Waals surface area contributed by atoms with Gasteiger partial charge in [0.1, 0.15) is 5.82 Å². The van der Waals surface area contributed by atoms with Crippen LogP contribution in [0.25, 0.3) is 0 Å². The summed E-state index contributed by atoms with van der Waals surface area (Å²) in [5.74, 6) is -1.04. The predicted octanol–water partition coefficient (Wildman–Crippen LogP) is 2.28. The second-order valence-corrected chi connectivity index (χ2v) is 5.96. The molecule has 132 valence electrons. The Bertz CT molecular complexity index is 579. The molecule has 1 aliphatic heterocycles. The minimum Gasteiger partial charge on any atom is -0.382 e. The van der Waals surface area contributed by atoms with Gasteiger partial charge in [-0.2, -0.15) is 0 Å². The van der Waals surface area contributed by atoms with Crippen molar-refractivity contribution in [2.24, 2.45) is 5.92 Å². The van der Waals surface area contributed by atoms with Gasteiger partial charge in [-0.15, -0.1) is 0 Å². The van der Waals surface area contributed by atoms with Crippen LogP contribution in [-0.2, 0) is 14.3 Å². The molecule has 1 aromatic carbocycles. The largest absolute Gasteiger partial charge is 0.382 e. The number of nitrogens with one attached hydrogen (secondary N) is 1. The molecule has 1 fully saturated rings. The van der Waals surface area contributed by atoms with Gasteiger partial charge in [0.2, 0.25) is 11.8 Å². The summed E-state index contributed by atoms with van der Waals surface area (Å²) in [5, 5.41) is 2.89. The molecule has 0 spiro atoms. The van der Waals surface area contributed by atoms with E-state index in [9.17, 15) is 14.0 Å². The standard InChI is InChI=1S/C18H25FN2O3/c1-3-24-12-6-11-20-18(23)14-9-10-16(22)21(2)17(14)13-7-4-5-8-15(13)19/h4-5,7-8,14,17H,3,6,9-12H2,1-2H3,(H,20,23)/t14-,17+/m0/s1. The van der Waals surface area contributed by atoms with Crippen LogP contribution in [0.1, 0.15) is 37.8 Å². The molecule has 0 bridgehead atoms. The summed E-state index contributed by atoms with van der Waals surface area (Å²) < 4.78 is 19.5. The molecule has 24 heavy (non-hydrogen) atoms. The number of carbonyl (C=O) groups is 2. The van der Waals surface area contributed by atoms with Crippen molar-refractivity contribution in [2.45, 2.75) is 32.2 Å². The zero-order valence-electron chi connectivity index (χ0n) is 14.3. The van der Waals surface area contributed by atoms with E-state index in [1.54, 1.807) is 25.2 Å². The number of amides is 2. The number of rotatable bonds is 7. The van der Waals surface area contributed by atoms with Crippen LogP contribution in [0.2, 0.25) is 0 Å². The molecule has 1 aromatic rings. The molecule has 1 aliphatic rings. The van der Waals surface area contributed by atoms with Gasteiger partial charge in [-0.1, -0.05) is 18.2 Å². The summed E-state index contributed by atoms with van der Waals surface area (Å²) in [6.07, 6.45) is 1.46. The van der Waals surface area contributed by atoms with E-state index in [4.69, 9.17) is 4.74 Å². The molecule has 0 aliphatic carbocycles. The van der Waals surface area contributed by atoms with Crippen molar-refractivity contribution in [3.8, 4) is 0 Å². The monoisotopic (exact) mass is 336 g/mol. The summed E-state index contributed by atoms with van der Waals surface area (Å²) in [4.78, 5) is 26.1. The average molecular weight is 336 g/mol. The van der Waals surface area contributed by atoms with Gasteiger partial charge in [0.25, 0.3) is 0 Å². The summed E-state index contributed by atoms with van der Waals surface area (Å²) in [5.41, 5.74) is 0.391. The van der Waals surface area contributed by atoms with Crippen LogP contribution in [0.3, 0.4) is 0 Å². The van der Waals surface area contributed by atoms with Crippen LogP contribution >= 0.6 is 0 Å². The highest BCUT2D eigenvalue weighted by atomic mass is 19.1. The van der Waals surface area contributed by atoms with Crippen LogP contribution in [0.15, 0.2) is 24.3 Å². The molecule has 2 atom stereocenters. The number of likely N-dealkylation sites (tertiary alicyclic amines) is 1. The van der Waals surface area contributed by atoms with Gasteiger partial charge in [-0.25, -0.2) is 4.39 Å². The second-order valence-electron chi connectivity index (χ2n) is 5.96. The van der Waals surface area contributed by atoms with Gasteiger partial charge >= 0.3 is 0 Å². The summed E-state index contributed by atoms with van der Waals surface area (Å²) in [7, 11) is 1.63. The van der Waals surface area contributed by atoms with E-state index >= 15 is 0 Å². The third kappa shape index (κ3) is 4.32. The minimum absolute atomic E-state index is 0.0661. The van der Waals surface area contributed by atoms with E-state index in [1.165, 1.54) is 11.0 Å². The summed E-state index contributed by atoms with van der Waals surface area (Å²) in [6, 6.07) is 5.76. The van der Waals surface area contributed by atoms with Gasteiger partial charge in [-0.05, 0) is 25.8 Å². The Hall–Kier alpha value is -1.95. The summed E-state index contributed by atoms with van der Waals surface area (Å²) in [6.45, 7) is 3.68. The second kappa shape index (κ2) is 8.78. The van der Waals surface area contributed by atoms with E-state index in [0.717, 1.165) is 6.42 Å². The van der Waals surface area contributed by atoms with Crippen molar-refractivity contribution in [3.05, 3.63) is 35.6 Å². The number of nitrogens with zero attached hydrogens (tertiary/aromatic N) is 1. The number of piperidine rings is 1. The van der Waals surface area contributed by atoms with Crippen molar-refractivity contribution in [3.63, 3.8) is 0 Å². The Morgan fingerprint density at radius 3 is 2.88 bits per heavy atom. The number of ether oxygens (including phenoxy) is 1. The maximum absolute atomic E-state index is 14.2. The molecule has 0 unspecified atom stereocenters. The number of hydrogen-bond acceptors (Lipinski definition) is 3. The Labute approximate surface area is 142 Å². The van der Waals surface area contributed by atoms with E-state index in [-0.39, 0.29) is 11.8 Å². The third-order valence-corrected chi connectivity index (χ3v) is 4.39. The van der Waals surface area contributed by atoms with Crippen LogP contribution in [0.4, 0.5) is 4.39 Å². The molecule has 1 N–H and O–H groups in total. The lowest BCUT2D eigenvalue weighted by Gasteiger charge is -2.38. The molecule has 1 heterocycles. The van der Waals surface area contributed by atoms with Crippen molar-refractivity contribution in [1.29, 1.82) is 0 Å². The van der Waals surface area contributed by atoms with Crippen LogP contribution in [-0.4, -0.2) is 43.5 Å². The van der Waals surface area contributed by atoms with Gasteiger partial charge < -0.3 is 15.0 Å². The van der Waals surface area contributed by atoms with Crippen LogP contribution in [0, 0.1) is 11.7 Å². The molecule has 2 rings (SSSR count). The Morgan fingerprint density at radius 1 is 1.42 bits per heavy atom. The van der Waals surface area contributed by atoms with Crippen LogP contribution in [0.5, 0.6) is 0 Å². The lowest BCUT2D eigenvalue weighted by molar-refractivity contribution is -0.141. The molecule has 0 saturated carbocycles. The average Bonchev–Trinajstić information content (AvgIpc) is 2.57. The number of benzene rings is 1. The first kappa shape index (κ1) is 18.4. The SMILES string of the molecule is CCOCCCNC(=O)[C@H]1CCC(=O)N(C)[C@@H]1c1ccccc1F. The highest BCUT2D eigenvalue weighted by Crippen LogP contribution is 2.36. The van der Waals surface area contributed by atoms with Crippen molar-refractivity contribution in [2.75, 3.05) is 26.8 Å². The quantitative estimate of drug-likeness (QED) is 0.777. The van der Waals surface area contributed by atoms with E-state index in [1.807, 2.05) is 6.92 Å². The van der Waals surface area contributed by atoms with Gasteiger partial charge in [0, 0.05) is 38.8 Å². The zero-order chi connectivity index (χ0) is 17.5. The molecule has 5 nitrogen and oxygen atoms in total. The first-order valence-corrected chi connectivity index (χ1v) is 8.41. The third-order valence-electron chi connectivity index (χ3n) is 4.39. The normalized spacial score (nSPS) is 21.0. The Kier molecular flexibility index (Phi) is 6.73. The maximum atomic E-state index is 14.2. The minimum atomic E-state index is -0.570. The van der Waals surface area contributed by atoms with E-state index in [2.05, 4.69) is 5.32 Å². The fourth-order valence-corrected chi connectivity index (χ4v) is 3.11. The first-order chi connectivity index (χ1) is 11.6. The van der Waals surface area contributed by atoms with Gasteiger partial charge in [-0.3, -0.25) is 9.59 Å². The molecule has 2 amide bonds. The van der Waals surface area contributed by atoms with Crippen LogP contribution < -0.4 is 5.32 Å². The molecule has 0 aromatic heterocycles. The van der Waals surface area contributed by atoms with Crippen molar-refractivity contribution >= 4 is 11.8 Å². The molecular weight excluding hydrogens is 311 g/mol. The topological polar surface area (TPSA) is 58.6 Å². The fourth-order valence-electron chi connectivity index (χ4n) is 3.11. The van der Waals surface area contributed by atoms with Crippen molar-refractivity contribution < 1.29 is 18.7 Å². The molecule has 1 saturated heterocycles. The predicted molar refractivity (Wildman–Crippen MR) is 88.8 cm³/mol. The number of carbonyl (C=O) groups excluding carboxylic acids is 2. The highest BCUT2D eigenvalue weighted by molar-refractivity contribution is 5.84. The summed E-state index contributed by atoms with van der Waals surface area (Å²) >= 11 is 0. The van der Waals surface area contributed by atoms with E-state index < -0.39 is 17.8 Å². The number of halogens is 1. The lowest BCUT2D eigenvalue weighted by atomic mass is 9.83. The van der Waals surface area contributed by atoms with Gasteiger partial charge in [0.15, 0.2) is 0 Å². The smallest absolute Gasteiger partial charge is 0.225 e.